The van der Waals surface area contributed by atoms with Gasteiger partial charge < -0.3 is 0 Å². The molecule has 0 spiro atoms. The van der Waals surface area contributed by atoms with Gasteiger partial charge in [0.1, 0.15) is 11.4 Å². The van der Waals surface area contributed by atoms with Crippen molar-refractivity contribution in [1.29, 1.82) is 0 Å². The molecule has 2 aliphatic heterocycles. The number of anilines is 2. The van der Waals surface area contributed by atoms with Crippen molar-refractivity contribution >= 4 is 70.3 Å². The van der Waals surface area contributed by atoms with Crippen molar-refractivity contribution in [2.45, 2.75) is 38.9 Å². The minimum absolute atomic E-state index is 0.119. The third-order valence-corrected chi connectivity index (χ3v) is 10.8. The zero-order valence-electron chi connectivity index (χ0n) is 24.7. The van der Waals surface area contributed by atoms with Crippen LogP contribution in [0.5, 0.6) is 0 Å². The molecular formula is C29H26F8N2O4S3. The van der Waals surface area contributed by atoms with E-state index in [1.807, 2.05) is 6.26 Å². The van der Waals surface area contributed by atoms with Crippen LogP contribution in [-0.4, -0.2) is 58.1 Å². The lowest BCUT2D eigenvalue weighted by molar-refractivity contribution is -0.124. The molecule has 2 unspecified atom stereocenters. The van der Waals surface area contributed by atoms with Crippen LogP contribution in [0, 0.1) is 57.9 Å². The summed E-state index contributed by atoms with van der Waals surface area (Å²) in [5.41, 5.74) is -8.98. The maximum Gasteiger partial charge on any atom is 0.247 e. The lowest BCUT2D eigenvalue weighted by atomic mass is 9.80. The van der Waals surface area contributed by atoms with E-state index in [0.717, 1.165) is 23.3 Å². The van der Waals surface area contributed by atoms with Crippen LogP contribution in [0.15, 0.2) is 0 Å². The minimum atomic E-state index is -2.57. The van der Waals surface area contributed by atoms with Crippen molar-refractivity contribution in [3.63, 3.8) is 0 Å². The van der Waals surface area contributed by atoms with E-state index in [9.17, 15) is 19.2 Å². The van der Waals surface area contributed by atoms with E-state index in [0.29, 0.717) is 11.5 Å². The number of benzene rings is 2. The van der Waals surface area contributed by atoms with Crippen molar-refractivity contribution in [3.8, 4) is 11.1 Å². The molecule has 2 aromatic carbocycles. The predicted octanol–water partition coefficient (Wildman–Crippen LogP) is 6.85. The summed E-state index contributed by atoms with van der Waals surface area (Å²) >= 11 is 4.17. The molecule has 250 valence electrons. The Morgan fingerprint density at radius 3 is 1.43 bits per heavy atom. The number of rotatable bonds is 10. The van der Waals surface area contributed by atoms with Gasteiger partial charge in [-0.25, -0.2) is 44.9 Å². The van der Waals surface area contributed by atoms with E-state index in [-0.39, 0.29) is 9.80 Å². The molecule has 46 heavy (non-hydrogen) atoms. The summed E-state index contributed by atoms with van der Waals surface area (Å²) in [7, 11) is 0. The molecule has 2 aromatic rings. The van der Waals surface area contributed by atoms with E-state index < -0.39 is 122 Å². The van der Waals surface area contributed by atoms with Gasteiger partial charge in [0.15, 0.2) is 46.5 Å². The fraction of sp³-hybridized carbons (Fsp3) is 0.448. The largest absolute Gasteiger partial charge is 0.274 e. The number of halogens is 8. The summed E-state index contributed by atoms with van der Waals surface area (Å²) in [4.78, 5) is 50.6. The zero-order chi connectivity index (χ0) is 34.4. The number of hydrogen-bond donors (Lipinski definition) is 0. The van der Waals surface area contributed by atoms with Crippen molar-refractivity contribution in [2.24, 2.45) is 11.3 Å². The summed E-state index contributed by atoms with van der Waals surface area (Å²) in [5, 5.41) is -1.14. The molecule has 2 saturated heterocycles. The Morgan fingerprint density at radius 2 is 1.02 bits per heavy atom. The molecule has 0 saturated carbocycles. The van der Waals surface area contributed by atoms with Crippen LogP contribution in [0.4, 0.5) is 46.5 Å². The van der Waals surface area contributed by atoms with Gasteiger partial charge in [-0.1, -0.05) is 20.8 Å². The second-order valence-corrected chi connectivity index (χ2v) is 14.9. The van der Waals surface area contributed by atoms with Gasteiger partial charge in [0.25, 0.3) is 0 Å². The first kappa shape index (κ1) is 36.1. The number of nitrogens with zero attached hydrogens (tertiary/aromatic N) is 2. The first-order chi connectivity index (χ1) is 21.5. The highest BCUT2D eigenvalue weighted by molar-refractivity contribution is 8.04. The maximum atomic E-state index is 15.3. The Hall–Kier alpha value is -2.79. The van der Waals surface area contributed by atoms with E-state index in [1.165, 1.54) is 20.8 Å². The van der Waals surface area contributed by atoms with Crippen LogP contribution in [0.3, 0.4) is 0 Å². The highest BCUT2D eigenvalue weighted by atomic mass is 32.2. The first-order valence-corrected chi connectivity index (χ1v) is 17.2. The second-order valence-electron chi connectivity index (χ2n) is 11.4. The fourth-order valence-electron chi connectivity index (χ4n) is 5.08. The summed E-state index contributed by atoms with van der Waals surface area (Å²) in [6.07, 6.45) is 0.790. The smallest absolute Gasteiger partial charge is 0.247 e. The van der Waals surface area contributed by atoms with Gasteiger partial charge >= 0.3 is 0 Å². The van der Waals surface area contributed by atoms with E-state index in [4.69, 9.17) is 0 Å². The maximum absolute atomic E-state index is 15.3. The highest BCUT2D eigenvalue weighted by Crippen LogP contribution is 2.45. The van der Waals surface area contributed by atoms with Gasteiger partial charge in [-0.2, -0.15) is 23.5 Å². The van der Waals surface area contributed by atoms with Gasteiger partial charge in [-0.15, -0.1) is 11.8 Å². The van der Waals surface area contributed by atoms with Crippen molar-refractivity contribution in [1.82, 2.24) is 0 Å². The standard InChI is InChI=1S/C29H26F8N2O4S3/c1-29(2,3)11-9-13(40)38(27(11)42)25-21(34)17(30)15(18(31)22(25)35)16-19(32)23(36)26(24(37)20(16)33)39-14(41)10-12(28(39)43)46-8-7-45-6-5-44-4/h11-12H,5-10H2,1-4H3. The molecule has 6 nitrogen and oxygen atoms in total. The Labute approximate surface area is 271 Å². The average Bonchev–Trinajstić information content (AvgIpc) is 3.44. The van der Waals surface area contributed by atoms with Crippen LogP contribution < -0.4 is 9.80 Å². The Morgan fingerprint density at radius 1 is 0.609 bits per heavy atom. The van der Waals surface area contributed by atoms with Gasteiger partial charge in [0.05, 0.1) is 22.3 Å². The van der Waals surface area contributed by atoms with Gasteiger partial charge in [-0.05, 0) is 11.7 Å². The van der Waals surface area contributed by atoms with Crippen LogP contribution in [0.1, 0.15) is 33.6 Å². The lowest BCUT2D eigenvalue weighted by Gasteiger charge is -2.25. The first-order valence-electron chi connectivity index (χ1n) is 13.6. The Bertz CT molecular complexity index is 1580. The van der Waals surface area contributed by atoms with Crippen LogP contribution in [-0.2, 0) is 19.2 Å². The molecule has 2 fully saturated rings. The number of carbonyl (C=O) groups is 4. The zero-order valence-corrected chi connectivity index (χ0v) is 27.1. The normalized spacial score (nSPS) is 19.0. The van der Waals surface area contributed by atoms with Gasteiger partial charge in [0.2, 0.25) is 23.6 Å². The lowest BCUT2D eigenvalue weighted by Crippen LogP contribution is -2.35. The molecule has 0 bridgehead atoms. The summed E-state index contributed by atoms with van der Waals surface area (Å²) < 4.78 is 122. The van der Waals surface area contributed by atoms with E-state index in [1.54, 1.807) is 23.5 Å². The third-order valence-electron chi connectivity index (χ3n) is 7.45. The van der Waals surface area contributed by atoms with E-state index in [2.05, 4.69) is 0 Å². The average molecular weight is 715 g/mol. The molecule has 4 rings (SSSR count). The molecule has 0 aliphatic carbocycles. The molecule has 2 atom stereocenters. The minimum Gasteiger partial charge on any atom is -0.274 e. The van der Waals surface area contributed by atoms with E-state index >= 15 is 35.1 Å². The molecule has 2 aliphatic rings. The molecule has 2 heterocycles. The fourth-order valence-corrected chi connectivity index (χ4v) is 8.07. The third kappa shape index (κ3) is 6.25. The highest BCUT2D eigenvalue weighted by Gasteiger charge is 2.49. The predicted molar refractivity (Wildman–Crippen MR) is 161 cm³/mol. The number of imide groups is 2. The van der Waals surface area contributed by atoms with Gasteiger partial charge in [-0.3, -0.25) is 19.2 Å². The topological polar surface area (TPSA) is 74.8 Å². The molecule has 0 N–H and O–H groups in total. The quantitative estimate of drug-likeness (QED) is 0.115. The summed E-state index contributed by atoms with van der Waals surface area (Å²) in [5.74, 6) is -23.4. The molecule has 0 radical (unpaired) electrons. The van der Waals surface area contributed by atoms with Crippen LogP contribution in [0.25, 0.3) is 11.1 Å². The van der Waals surface area contributed by atoms with Crippen molar-refractivity contribution in [3.05, 3.63) is 46.5 Å². The molecule has 17 heteroatoms. The second kappa shape index (κ2) is 13.7. The number of hydrogen-bond acceptors (Lipinski definition) is 7. The summed E-state index contributed by atoms with van der Waals surface area (Å²) in [6, 6.07) is 0. The molecule has 0 aromatic heterocycles. The van der Waals surface area contributed by atoms with Crippen molar-refractivity contribution < 1.29 is 54.3 Å². The molecule has 4 amide bonds. The molecular weight excluding hydrogens is 689 g/mol. The number of thioether (sulfide) groups is 3. The van der Waals surface area contributed by atoms with Crippen molar-refractivity contribution in [2.75, 3.05) is 39.1 Å². The Kier molecular flexibility index (Phi) is 10.8. The van der Waals surface area contributed by atoms with Gasteiger partial charge in [0, 0.05) is 35.9 Å². The SMILES string of the molecule is CSCCSCCSC1CC(=O)N(c2c(F)c(F)c(-c3c(F)c(F)c(N4C(=O)CC(C(C)(C)C)C4=O)c(F)c3F)c(F)c2F)C1=O. The summed E-state index contributed by atoms with van der Waals surface area (Å²) in [6.45, 7) is 4.58. The van der Waals surface area contributed by atoms with Crippen LogP contribution in [0.2, 0.25) is 0 Å². The Balaban J connectivity index is 1.74. The monoisotopic (exact) mass is 714 g/mol. The number of amides is 4. The number of carbonyl (C=O) groups excluding carboxylic acids is 4. The van der Waals surface area contributed by atoms with Crippen LogP contribution >= 0.6 is 35.3 Å².